The molecule has 15 heavy (non-hydrogen) atoms. The molecule has 2 atom stereocenters. The van der Waals surface area contributed by atoms with Gasteiger partial charge in [0.25, 0.3) is 0 Å². The van der Waals surface area contributed by atoms with Gasteiger partial charge in [-0.05, 0) is 24.0 Å². The summed E-state index contributed by atoms with van der Waals surface area (Å²) >= 11 is 6.01. The molecule has 0 aromatic heterocycles. The van der Waals surface area contributed by atoms with Crippen LogP contribution in [0.3, 0.4) is 0 Å². The normalized spacial score (nSPS) is 23.9. The lowest BCUT2D eigenvalue weighted by molar-refractivity contribution is -0.119. The Morgan fingerprint density at radius 3 is 2.80 bits per heavy atom. The van der Waals surface area contributed by atoms with Gasteiger partial charge < -0.3 is 0 Å². The van der Waals surface area contributed by atoms with Gasteiger partial charge >= 0.3 is 0 Å². The molecule has 1 nitrogen and oxygen atoms in total. The Morgan fingerprint density at radius 2 is 2.20 bits per heavy atom. The molecular weight excluding hydrogens is 208 g/mol. The van der Waals surface area contributed by atoms with Gasteiger partial charge in [-0.3, -0.25) is 4.79 Å². The summed E-state index contributed by atoms with van der Waals surface area (Å²) in [5.41, 5.74) is 0.964. The molecule has 0 spiro atoms. The molecule has 1 aromatic rings. The van der Waals surface area contributed by atoms with Crippen molar-refractivity contribution in [3.63, 3.8) is 0 Å². The van der Waals surface area contributed by atoms with E-state index in [-0.39, 0.29) is 0 Å². The fourth-order valence-electron chi connectivity index (χ4n) is 2.05. The fourth-order valence-corrected chi connectivity index (χ4v) is 2.26. The molecular formula is C13H15ClO. The van der Waals surface area contributed by atoms with Crippen LogP contribution in [0.15, 0.2) is 24.3 Å². The van der Waals surface area contributed by atoms with Crippen molar-refractivity contribution >= 4 is 17.4 Å². The SMILES string of the molecule is CCC1CC1C(=O)Cc1ccccc1Cl. The lowest BCUT2D eigenvalue weighted by Gasteiger charge is -2.02. The maximum Gasteiger partial charge on any atom is 0.140 e. The quantitative estimate of drug-likeness (QED) is 0.762. The van der Waals surface area contributed by atoms with E-state index in [2.05, 4.69) is 6.92 Å². The van der Waals surface area contributed by atoms with E-state index in [0.717, 1.165) is 18.4 Å². The molecule has 1 aliphatic rings. The number of ketones is 1. The molecule has 1 aliphatic carbocycles. The molecule has 1 aromatic carbocycles. The predicted octanol–water partition coefficient (Wildman–Crippen LogP) is 3.50. The molecule has 1 saturated carbocycles. The van der Waals surface area contributed by atoms with Crippen LogP contribution < -0.4 is 0 Å². The number of hydrogen-bond donors (Lipinski definition) is 0. The topological polar surface area (TPSA) is 17.1 Å². The van der Waals surface area contributed by atoms with Crippen LogP contribution >= 0.6 is 11.6 Å². The largest absolute Gasteiger partial charge is 0.299 e. The van der Waals surface area contributed by atoms with Gasteiger partial charge in [0, 0.05) is 17.4 Å². The maximum atomic E-state index is 11.8. The van der Waals surface area contributed by atoms with E-state index in [1.807, 2.05) is 24.3 Å². The van der Waals surface area contributed by atoms with E-state index in [0.29, 0.717) is 29.1 Å². The summed E-state index contributed by atoms with van der Waals surface area (Å²) < 4.78 is 0. The average Bonchev–Trinajstić information content (AvgIpc) is 3.00. The summed E-state index contributed by atoms with van der Waals surface area (Å²) in [6, 6.07) is 7.60. The van der Waals surface area contributed by atoms with Crippen molar-refractivity contribution in [1.82, 2.24) is 0 Å². The van der Waals surface area contributed by atoms with Crippen LogP contribution in [0.25, 0.3) is 0 Å². The second-order valence-electron chi connectivity index (χ2n) is 4.25. The standard InChI is InChI=1S/C13H15ClO/c1-2-9-7-11(9)13(15)8-10-5-3-4-6-12(10)14/h3-6,9,11H,2,7-8H2,1H3. The van der Waals surface area contributed by atoms with Crippen LogP contribution in [0.2, 0.25) is 5.02 Å². The summed E-state index contributed by atoms with van der Waals surface area (Å²) in [4.78, 5) is 11.8. The van der Waals surface area contributed by atoms with E-state index >= 15 is 0 Å². The third-order valence-corrected chi connectivity index (χ3v) is 3.55. The number of rotatable bonds is 4. The van der Waals surface area contributed by atoms with Crippen LogP contribution in [0, 0.1) is 11.8 Å². The van der Waals surface area contributed by atoms with Crippen molar-refractivity contribution in [2.24, 2.45) is 11.8 Å². The van der Waals surface area contributed by atoms with Crippen LogP contribution in [-0.4, -0.2) is 5.78 Å². The highest BCUT2D eigenvalue weighted by Crippen LogP contribution is 2.42. The number of carbonyl (C=O) groups is 1. The summed E-state index contributed by atoms with van der Waals surface area (Å²) in [5.74, 6) is 1.31. The lowest BCUT2D eigenvalue weighted by Crippen LogP contribution is -2.06. The van der Waals surface area contributed by atoms with Gasteiger partial charge in [-0.15, -0.1) is 0 Å². The Morgan fingerprint density at radius 1 is 1.47 bits per heavy atom. The molecule has 1 fully saturated rings. The van der Waals surface area contributed by atoms with Crippen molar-refractivity contribution < 1.29 is 4.79 Å². The van der Waals surface area contributed by atoms with Crippen LogP contribution in [-0.2, 0) is 11.2 Å². The summed E-state index contributed by atoms with van der Waals surface area (Å²) in [7, 11) is 0. The number of carbonyl (C=O) groups excluding carboxylic acids is 1. The van der Waals surface area contributed by atoms with E-state index < -0.39 is 0 Å². The predicted molar refractivity (Wildman–Crippen MR) is 62.1 cm³/mol. The molecule has 0 bridgehead atoms. The second-order valence-corrected chi connectivity index (χ2v) is 4.65. The number of Topliss-reactive ketones (excluding diaryl/α,β-unsaturated/α-hetero) is 1. The van der Waals surface area contributed by atoms with Gasteiger partial charge in [-0.1, -0.05) is 43.1 Å². The van der Waals surface area contributed by atoms with Crippen molar-refractivity contribution in [3.8, 4) is 0 Å². The van der Waals surface area contributed by atoms with E-state index in [9.17, 15) is 4.79 Å². The molecule has 0 heterocycles. The minimum absolute atomic E-state index is 0.311. The molecule has 2 unspecified atom stereocenters. The Bertz CT molecular complexity index is 373. The molecule has 0 saturated heterocycles. The first kappa shape index (κ1) is 10.7. The molecule has 0 amide bonds. The zero-order valence-corrected chi connectivity index (χ0v) is 9.63. The summed E-state index contributed by atoms with van der Waals surface area (Å²) in [5, 5.41) is 0.708. The van der Waals surface area contributed by atoms with Gasteiger partial charge in [0.15, 0.2) is 0 Å². The summed E-state index contributed by atoms with van der Waals surface area (Å²) in [6.45, 7) is 2.15. The maximum absolute atomic E-state index is 11.8. The average molecular weight is 223 g/mol. The Hall–Kier alpha value is -0.820. The summed E-state index contributed by atoms with van der Waals surface area (Å²) in [6.07, 6.45) is 2.71. The molecule has 0 aliphatic heterocycles. The number of halogens is 1. The number of hydrogen-bond acceptors (Lipinski definition) is 1. The van der Waals surface area contributed by atoms with Gasteiger partial charge in [-0.25, -0.2) is 0 Å². The van der Waals surface area contributed by atoms with E-state index in [1.165, 1.54) is 0 Å². The van der Waals surface area contributed by atoms with E-state index in [1.54, 1.807) is 0 Å². The monoisotopic (exact) mass is 222 g/mol. The van der Waals surface area contributed by atoms with Gasteiger partial charge in [0.05, 0.1) is 0 Å². The van der Waals surface area contributed by atoms with Crippen molar-refractivity contribution in [2.75, 3.05) is 0 Å². The first-order valence-corrected chi connectivity index (χ1v) is 5.86. The second kappa shape index (κ2) is 4.36. The van der Waals surface area contributed by atoms with E-state index in [4.69, 9.17) is 11.6 Å². The molecule has 0 N–H and O–H groups in total. The Labute approximate surface area is 95.4 Å². The van der Waals surface area contributed by atoms with Crippen LogP contribution in [0.1, 0.15) is 25.3 Å². The first-order valence-electron chi connectivity index (χ1n) is 5.48. The molecule has 2 heteroatoms. The van der Waals surface area contributed by atoms with Gasteiger partial charge in [0.2, 0.25) is 0 Å². The molecule has 80 valence electrons. The molecule has 2 rings (SSSR count). The molecule has 0 radical (unpaired) electrons. The highest BCUT2D eigenvalue weighted by molar-refractivity contribution is 6.31. The zero-order valence-electron chi connectivity index (χ0n) is 8.87. The third kappa shape index (κ3) is 2.40. The lowest BCUT2D eigenvalue weighted by atomic mass is 10.0. The minimum Gasteiger partial charge on any atom is -0.299 e. The van der Waals surface area contributed by atoms with Crippen molar-refractivity contribution in [2.45, 2.75) is 26.2 Å². The highest BCUT2D eigenvalue weighted by atomic mass is 35.5. The first-order chi connectivity index (χ1) is 7.22. The van der Waals surface area contributed by atoms with Crippen molar-refractivity contribution in [3.05, 3.63) is 34.9 Å². The Balaban J connectivity index is 1.98. The van der Waals surface area contributed by atoms with Crippen LogP contribution in [0.4, 0.5) is 0 Å². The fraction of sp³-hybridized carbons (Fsp3) is 0.462. The minimum atomic E-state index is 0.311. The third-order valence-electron chi connectivity index (χ3n) is 3.18. The number of benzene rings is 1. The highest BCUT2D eigenvalue weighted by Gasteiger charge is 2.40. The van der Waals surface area contributed by atoms with Gasteiger partial charge in [0.1, 0.15) is 5.78 Å². The Kier molecular flexibility index (Phi) is 3.11. The van der Waals surface area contributed by atoms with Crippen LogP contribution in [0.5, 0.6) is 0 Å². The smallest absolute Gasteiger partial charge is 0.140 e. The van der Waals surface area contributed by atoms with Crippen molar-refractivity contribution in [1.29, 1.82) is 0 Å². The zero-order chi connectivity index (χ0) is 10.8. The van der Waals surface area contributed by atoms with Gasteiger partial charge in [-0.2, -0.15) is 0 Å².